The highest BCUT2D eigenvalue weighted by atomic mass is 32.2. The number of aliphatic carboxylic acids is 1. The minimum atomic E-state index is -4.07. The Hall–Kier alpha value is -6.20. The van der Waals surface area contributed by atoms with Crippen molar-refractivity contribution in [1.82, 2.24) is 39.3 Å². The van der Waals surface area contributed by atoms with Gasteiger partial charge < -0.3 is 34.7 Å². The van der Waals surface area contributed by atoms with Crippen LogP contribution in [-0.2, 0) is 45.0 Å². The molecule has 0 unspecified atom stereocenters. The van der Waals surface area contributed by atoms with Crippen molar-refractivity contribution in [2.24, 2.45) is 4.99 Å². The average molecular weight is 1010 g/mol. The predicted molar refractivity (Wildman–Crippen MR) is 266 cm³/mol. The predicted octanol–water partition coefficient (Wildman–Crippen LogP) is 5.18. The summed E-state index contributed by atoms with van der Waals surface area (Å²) in [5, 5.41) is 29.3. The Balaban J connectivity index is 0.768. The molecule has 21 heteroatoms. The van der Waals surface area contributed by atoms with E-state index in [1.54, 1.807) is 48.9 Å². The highest BCUT2D eigenvalue weighted by Crippen LogP contribution is 2.40. The summed E-state index contributed by atoms with van der Waals surface area (Å²) in [5.41, 5.74) is 7.22. The normalized spacial score (nSPS) is 15.3. The van der Waals surface area contributed by atoms with Crippen LogP contribution in [0, 0.1) is 27.7 Å². The summed E-state index contributed by atoms with van der Waals surface area (Å²) < 4.78 is 56.0. The SMILES string of the molecule is COC1CCN(S(=O)(=O)c2cc(C(=O)NCCOCCOCCOCCNC(=O)C[C@H]3N=C(c4ccc(C)cc4)c4c(sc(C)c4C)-n4c(C)nnc43)ccc2-c2ccn3ncc(CC(=O)O)c3c2)CC1. The molecule has 0 radical (unpaired) electrons. The van der Waals surface area contributed by atoms with Crippen LogP contribution in [0.3, 0.4) is 0 Å². The summed E-state index contributed by atoms with van der Waals surface area (Å²) >= 11 is 1.68. The van der Waals surface area contributed by atoms with Crippen molar-refractivity contribution in [2.45, 2.75) is 70.4 Å². The lowest BCUT2D eigenvalue weighted by Crippen LogP contribution is -2.40. The van der Waals surface area contributed by atoms with Crippen molar-refractivity contribution < 1.29 is 46.9 Å². The number of pyridine rings is 1. The van der Waals surface area contributed by atoms with Crippen molar-refractivity contribution >= 4 is 50.4 Å². The van der Waals surface area contributed by atoms with Gasteiger partial charge in [0.2, 0.25) is 15.9 Å². The lowest BCUT2D eigenvalue weighted by Gasteiger charge is -2.31. The number of carbonyl (C=O) groups is 3. The van der Waals surface area contributed by atoms with E-state index in [1.807, 2.05) is 18.4 Å². The number of nitrogens with one attached hydrogen (secondary N) is 2. The average Bonchev–Trinajstić information content (AvgIpc) is 4.01. The maximum Gasteiger partial charge on any atom is 0.307 e. The standard InChI is InChI=1S/C50H59N9O10S2/c1-31-6-8-35(9-7-31)47-46-32(2)33(3)70-50(46)59-34(4)55-56-48(59)41(54-47)29-44(60)51-15-20-67-22-24-69-25-23-68-21-16-52-49(63)37-10-11-40(36-12-19-58-42(26-36)38(30-53-58)28-45(61)62)43(27-37)71(64,65)57-17-13-39(66-5)14-18-57/h6-12,19,26-27,30,39,41H,13-18,20-25,28-29H2,1-5H3,(H,51,60)(H,52,63)(H,61,62)/t41-/m1/s1. The molecule has 0 spiro atoms. The van der Waals surface area contributed by atoms with E-state index in [0.717, 1.165) is 38.8 Å². The van der Waals surface area contributed by atoms with E-state index in [0.29, 0.717) is 73.8 Å². The number of nitrogens with zero attached hydrogens (tertiary/aromatic N) is 7. The van der Waals surface area contributed by atoms with Gasteiger partial charge >= 0.3 is 5.97 Å². The van der Waals surface area contributed by atoms with Gasteiger partial charge in [-0.25, -0.2) is 12.9 Å². The van der Waals surface area contributed by atoms with Gasteiger partial charge in [0.25, 0.3) is 5.91 Å². The molecule has 2 aromatic carbocycles. The van der Waals surface area contributed by atoms with Crippen molar-refractivity contribution in [3.8, 4) is 16.1 Å². The second-order valence-corrected chi connectivity index (χ2v) is 20.6. The monoisotopic (exact) mass is 1010 g/mol. The highest BCUT2D eigenvalue weighted by Gasteiger charge is 2.34. The topological polar surface area (TPSA) is 230 Å². The second kappa shape index (κ2) is 22.9. The van der Waals surface area contributed by atoms with E-state index in [1.165, 1.54) is 26.0 Å². The quantitative estimate of drug-likeness (QED) is 0.0746. The van der Waals surface area contributed by atoms with Gasteiger partial charge in [0.1, 0.15) is 16.9 Å². The number of carboxylic acids is 1. The maximum atomic E-state index is 14.3. The number of thiophene rings is 1. The van der Waals surface area contributed by atoms with Crippen LogP contribution in [0.4, 0.5) is 0 Å². The first-order chi connectivity index (χ1) is 34.2. The van der Waals surface area contributed by atoms with Gasteiger partial charge in [0.15, 0.2) is 5.82 Å². The number of benzene rings is 2. The third kappa shape index (κ3) is 11.8. The second-order valence-electron chi connectivity index (χ2n) is 17.4. The zero-order valence-electron chi connectivity index (χ0n) is 40.5. The first-order valence-electron chi connectivity index (χ1n) is 23.5. The molecule has 2 aliphatic heterocycles. The summed E-state index contributed by atoms with van der Waals surface area (Å²) in [4.78, 5) is 44.5. The Morgan fingerprint density at radius 3 is 2.23 bits per heavy atom. The number of aliphatic imine (C=N–C) groups is 1. The molecule has 19 nitrogen and oxygen atoms in total. The highest BCUT2D eigenvalue weighted by molar-refractivity contribution is 7.89. The van der Waals surface area contributed by atoms with Crippen LogP contribution >= 0.6 is 11.3 Å². The van der Waals surface area contributed by atoms with Crippen LogP contribution in [0.5, 0.6) is 0 Å². The molecule has 1 atom stereocenters. The van der Waals surface area contributed by atoms with E-state index < -0.39 is 27.9 Å². The molecular weight excluding hydrogens is 951 g/mol. The van der Waals surface area contributed by atoms with Crippen molar-refractivity contribution in [2.75, 3.05) is 72.9 Å². The Kier molecular flexibility index (Phi) is 16.5. The molecule has 1 saturated heterocycles. The number of hydrogen-bond donors (Lipinski definition) is 3. The summed E-state index contributed by atoms with van der Waals surface area (Å²) in [6.45, 7) is 10.8. The fourth-order valence-corrected chi connectivity index (χ4v) is 11.6. The Morgan fingerprint density at radius 2 is 1.54 bits per heavy atom. The number of fused-ring (bicyclic) bond motifs is 4. The number of carbonyl (C=O) groups excluding carboxylic acids is 2. The molecule has 2 amide bonds. The zero-order chi connectivity index (χ0) is 50.2. The smallest absolute Gasteiger partial charge is 0.307 e. The molecule has 2 aliphatic rings. The van der Waals surface area contributed by atoms with Crippen LogP contribution in [-0.4, -0.2) is 145 Å². The fraction of sp³-hybridized carbons (Fsp3) is 0.420. The molecule has 3 N–H and O–H groups in total. The van der Waals surface area contributed by atoms with Crippen LogP contribution < -0.4 is 10.6 Å². The minimum Gasteiger partial charge on any atom is -0.481 e. The number of ether oxygens (including phenoxy) is 4. The molecule has 0 bridgehead atoms. The number of hydrogen-bond acceptors (Lipinski definition) is 14. The molecule has 8 rings (SSSR count). The van der Waals surface area contributed by atoms with Gasteiger partial charge in [-0.15, -0.1) is 21.5 Å². The molecular formula is C50H59N9O10S2. The minimum absolute atomic E-state index is 0.0371. The Morgan fingerprint density at radius 1 is 0.845 bits per heavy atom. The number of aromatic nitrogens is 5. The summed E-state index contributed by atoms with van der Waals surface area (Å²) in [6.07, 6.45) is 3.99. The molecule has 376 valence electrons. The fourth-order valence-electron chi connectivity index (χ4n) is 8.69. The first-order valence-corrected chi connectivity index (χ1v) is 25.8. The first kappa shape index (κ1) is 51.2. The van der Waals surface area contributed by atoms with Crippen molar-refractivity contribution in [1.29, 1.82) is 0 Å². The third-order valence-electron chi connectivity index (χ3n) is 12.6. The summed E-state index contributed by atoms with van der Waals surface area (Å²) in [6, 6.07) is 15.7. The molecule has 0 saturated carbocycles. The van der Waals surface area contributed by atoms with Gasteiger partial charge in [-0.1, -0.05) is 35.9 Å². The molecule has 6 aromatic rings. The molecule has 6 heterocycles. The molecule has 4 aromatic heterocycles. The number of aryl methyl sites for hydroxylation is 3. The van der Waals surface area contributed by atoms with E-state index in [2.05, 4.69) is 64.0 Å². The van der Waals surface area contributed by atoms with Crippen LogP contribution in [0.25, 0.3) is 21.6 Å². The Bertz CT molecular complexity index is 3030. The van der Waals surface area contributed by atoms with E-state index in [-0.39, 0.29) is 68.2 Å². The van der Waals surface area contributed by atoms with Gasteiger partial charge in [-0.05, 0) is 75.9 Å². The van der Waals surface area contributed by atoms with Crippen LogP contribution in [0.15, 0.2) is 76.9 Å². The lowest BCUT2D eigenvalue weighted by atomic mass is 9.99. The Labute approximate surface area is 416 Å². The summed E-state index contributed by atoms with van der Waals surface area (Å²) in [5.74, 6) is -0.302. The van der Waals surface area contributed by atoms with Gasteiger partial charge in [0.05, 0.1) is 80.9 Å². The van der Waals surface area contributed by atoms with E-state index >= 15 is 0 Å². The lowest BCUT2D eigenvalue weighted by molar-refractivity contribution is -0.136. The number of sulfonamides is 1. The molecule has 71 heavy (non-hydrogen) atoms. The molecule has 1 fully saturated rings. The van der Waals surface area contributed by atoms with E-state index in [9.17, 15) is 27.9 Å². The molecule has 0 aliphatic carbocycles. The van der Waals surface area contributed by atoms with Crippen molar-refractivity contribution in [3.63, 3.8) is 0 Å². The number of rotatable bonds is 22. The number of methoxy groups -OCH3 is 1. The number of carboxylic acid groups (broad SMARTS) is 1. The van der Waals surface area contributed by atoms with Gasteiger partial charge in [0, 0.05) is 72.2 Å². The van der Waals surface area contributed by atoms with Crippen LogP contribution in [0.1, 0.15) is 80.0 Å². The van der Waals surface area contributed by atoms with Gasteiger partial charge in [-0.3, -0.25) is 23.9 Å². The summed E-state index contributed by atoms with van der Waals surface area (Å²) in [7, 11) is -2.46. The zero-order valence-corrected chi connectivity index (χ0v) is 42.1. The maximum absolute atomic E-state index is 14.3. The largest absolute Gasteiger partial charge is 0.481 e. The number of amides is 2. The van der Waals surface area contributed by atoms with Crippen molar-refractivity contribution in [3.05, 3.63) is 117 Å². The number of piperidine rings is 1. The van der Waals surface area contributed by atoms with E-state index in [4.69, 9.17) is 23.9 Å². The third-order valence-corrected chi connectivity index (χ3v) is 15.8. The van der Waals surface area contributed by atoms with Crippen LogP contribution in [0.2, 0.25) is 0 Å². The van der Waals surface area contributed by atoms with Gasteiger partial charge in [-0.2, -0.15) is 9.40 Å².